The zero-order valence-corrected chi connectivity index (χ0v) is 32.1. The van der Waals surface area contributed by atoms with Crippen molar-refractivity contribution in [3.63, 3.8) is 0 Å². The van der Waals surface area contributed by atoms with Gasteiger partial charge in [0.1, 0.15) is 9.74 Å². The minimum atomic E-state index is -0.597. The van der Waals surface area contributed by atoms with Crippen LogP contribution in [0.1, 0.15) is 172 Å². The van der Waals surface area contributed by atoms with Crippen LogP contribution < -0.4 is 0 Å². The lowest BCUT2D eigenvalue weighted by Gasteiger charge is -2.25. The molecule has 0 N–H and O–H groups in total. The lowest BCUT2D eigenvalue weighted by molar-refractivity contribution is 0.0522. The summed E-state index contributed by atoms with van der Waals surface area (Å²) in [4.78, 5) is 11.7. The van der Waals surface area contributed by atoms with Crippen molar-refractivity contribution in [3.05, 3.63) is 0 Å². The summed E-state index contributed by atoms with van der Waals surface area (Å²) in [6.45, 7) is 21.9. The van der Waals surface area contributed by atoms with Crippen LogP contribution in [0, 0.1) is 0 Å². The zero-order valence-electron chi connectivity index (χ0n) is 30.5. The fraction of sp³-hybridized carbons (Fsp3) is 0.971. The summed E-state index contributed by atoms with van der Waals surface area (Å²) in [5.41, 5.74) is -0.418. The van der Waals surface area contributed by atoms with Crippen LogP contribution in [0.15, 0.2) is 20.5 Å². The predicted octanol–water partition coefficient (Wildman–Crippen LogP) is 12.8. The summed E-state index contributed by atoms with van der Waals surface area (Å²) in [6.07, 6.45) is 17.9. The second-order valence-corrected chi connectivity index (χ2v) is 17.6. The van der Waals surface area contributed by atoms with Gasteiger partial charge >= 0.3 is 6.16 Å². The molecule has 0 heterocycles. The van der Waals surface area contributed by atoms with Crippen LogP contribution >= 0.6 is 23.5 Å². The number of nitrogens with zero attached hydrogens (tertiary/aromatic N) is 4. The van der Waals surface area contributed by atoms with Crippen molar-refractivity contribution < 1.29 is 14.3 Å². The van der Waals surface area contributed by atoms with E-state index >= 15 is 0 Å². The van der Waals surface area contributed by atoms with Crippen LogP contribution in [0.4, 0.5) is 4.79 Å². The van der Waals surface area contributed by atoms with Gasteiger partial charge in [-0.25, -0.2) is 4.79 Å². The molecule has 0 aromatic carbocycles. The van der Waals surface area contributed by atoms with Crippen LogP contribution in [0.5, 0.6) is 0 Å². The van der Waals surface area contributed by atoms with Gasteiger partial charge in [0.15, 0.2) is 0 Å². The van der Waals surface area contributed by atoms with Crippen LogP contribution in [0.2, 0.25) is 0 Å². The summed E-state index contributed by atoms with van der Waals surface area (Å²) in [6, 6.07) is 0. The second kappa shape index (κ2) is 24.4. The van der Waals surface area contributed by atoms with Gasteiger partial charge in [0, 0.05) is 0 Å². The molecule has 0 spiro atoms. The fourth-order valence-electron chi connectivity index (χ4n) is 4.32. The molecule has 7 nitrogen and oxygen atoms in total. The molecule has 0 aromatic heterocycles. The summed E-state index contributed by atoms with van der Waals surface area (Å²) in [7, 11) is 0. The maximum absolute atomic E-state index is 12.3. The Morgan fingerprint density at radius 2 is 0.841 bits per heavy atom. The van der Waals surface area contributed by atoms with Gasteiger partial charge in [-0.15, -0.1) is 23.5 Å². The Hall–Kier alpha value is -0.830. The highest BCUT2D eigenvalue weighted by Gasteiger charge is 2.27. The standard InChI is InChI=1S/C35H70N4O3S2/c1-11-13-15-17-19-21-29-43-34(9,38-36-32(3,4)5)25-23-27-41-31(40)42-28-24-26-35(10,39-37-33(6,7)8)44-30-22-20-18-16-14-12-2/h11-30H2,1-10H3/b38-36+,39-37+. The maximum atomic E-state index is 12.3. The topological polar surface area (TPSA) is 85.0 Å². The Labute approximate surface area is 281 Å². The lowest BCUT2D eigenvalue weighted by atomic mass is 10.1. The van der Waals surface area contributed by atoms with Gasteiger partial charge in [-0.2, -0.15) is 20.5 Å². The van der Waals surface area contributed by atoms with Crippen LogP contribution in [-0.2, 0) is 9.47 Å². The fourth-order valence-corrected chi connectivity index (χ4v) is 6.67. The number of hydrogen-bond donors (Lipinski definition) is 0. The normalized spacial score (nSPS) is 15.5. The van der Waals surface area contributed by atoms with Gasteiger partial charge in [0.05, 0.1) is 24.3 Å². The molecule has 2 unspecified atom stereocenters. The van der Waals surface area contributed by atoms with Gasteiger partial charge in [-0.3, -0.25) is 0 Å². The molecule has 0 rings (SSSR count). The van der Waals surface area contributed by atoms with Gasteiger partial charge in [-0.05, 0) is 105 Å². The minimum Gasteiger partial charge on any atom is -0.434 e. The Bertz CT molecular complexity index is 721. The SMILES string of the molecule is CCCCCCCCSC(C)(CCCOC(=O)OCCCC(C)(/N=N/C(C)(C)C)SCCCCCCCC)/N=N/C(C)(C)C. The maximum Gasteiger partial charge on any atom is 0.508 e. The molecular weight excluding hydrogens is 589 g/mol. The molecule has 260 valence electrons. The first kappa shape index (κ1) is 43.2. The van der Waals surface area contributed by atoms with E-state index in [4.69, 9.17) is 19.7 Å². The molecule has 0 fully saturated rings. The van der Waals surface area contributed by atoms with E-state index in [-0.39, 0.29) is 20.8 Å². The number of carbonyl (C=O) groups is 1. The number of azo groups is 2. The second-order valence-electron chi connectivity index (χ2n) is 14.5. The summed E-state index contributed by atoms with van der Waals surface area (Å²) in [5.74, 6) is 2.14. The highest BCUT2D eigenvalue weighted by atomic mass is 32.2. The van der Waals surface area contributed by atoms with Crippen molar-refractivity contribution in [2.24, 2.45) is 20.5 Å². The van der Waals surface area contributed by atoms with Crippen LogP contribution in [-0.4, -0.2) is 51.7 Å². The Kier molecular flexibility index (Phi) is 23.9. The zero-order chi connectivity index (χ0) is 33.4. The number of hydrogen-bond acceptors (Lipinski definition) is 9. The van der Waals surface area contributed by atoms with Crippen molar-refractivity contribution in [1.29, 1.82) is 0 Å². The molecule has 0 saturated carbocycles. The third kappa shape index (κ3) is 27.5. The van der Waals surface area contributed by atoms with E-state index < -0.39 is 6.16 Å². The van der Waals surface area contributed by atoms with Crippen LogP contribution in [0.25, 0.3) is 0 Å². The third-order valence-corrected chi connectivity index (χ3v) is 9.76. The van der Waals surface area contributed by atoms with Crippen molar-refractivity contribution >= 4 is 29.7 Å². The summed E-state index contributed by atoms with van der Waals surface area (Å²) in [5, 5.41) is 18.6. The molecule has 9 heteroatoms. The molecule has 0 aliphatic rings. The number of carbonyl (C=O) groups excluding carboxylic acids is 1. The van der Waals surface area contributed by atoms with Gasteiger partial charge in [0.2, 0.25) is 0 Å². The average molecular weight is 659 g/mol. The molecule has 0 amide bonds. The first-order valence-corrected chi connectivity index (χ1v) is 19.6. The highest BCUT2D eigenvalue weighted by Crippen LogP contribution is 2.35. The van der Waals surface area contributed by atoms with Crippen LogP contribution in [0.3, 0.4) is 0 Å². The molecule has 0 aromatic rings. The van der Waals surface area contributed by atoms with Gasteiger partial charge < -0.3 is 9.47 Å². The number of ether oxygens (including phenoxy) is 2. The lowest BCUT2D eigenvalue weighted by Crippen LogP contribution is -2.22. The molecule has 0 radical (unpaired) electrons. The average Bonchev–Trinajstić information content (AvgIpc) is 2.94. The first-order chi connectivity index (χ1) is 20.6. The largest absolute Gasteiger partial charge is 0.508 e. The monoisotopic (exact) mass is 658 g/mol. The Morgan fingerprint density at radius 1 is 0.500 bits per heavy atom. The smallest absolute Gasteiger partial charge is 0.434 e. The third-order valence-electron chi connectivity index (χ3n) is 6.95. The molecular formula is C35H70N4O3S2. The molecule has 2 atom stereocenters. The van der Waals surface area contributed by atoms with E-state index in [2.05, 4.69) is 79.5 Å². The van der Waals surface area contributed by atoms with E-state index in [9.17, 15) is 4.79 Å². The first-order valence-electron chi connectivity index (χ1n) is 17.6. The number of unbranched alkanes of at least 4 members (excludes halogenated alkanes) is 10. The van der Waals surface area contributed by atoms with Crippen molar-refractivity contribution in [1.82, 2.24) is 0 Å². The Balaban J connectivity index is 4.60. The van der Waals surface area contributed by atoms with Crippen molar-refractivity contribution in [2.75, 3.05) is 24.7 Å². The summed E-state index contributed by atoms with van der Waals surface area (Å²) >= 11 is 3.74. The van der Waals surface area contributed by atoms with E-state index in [0.717, 1.165) is 37.2 Å². The summed E-state index contributed by atoms with van der Waals surface area (Å²) < 4.78 is 10.8. The van der Waals surface area contributed by atoms with Crippen molar-refractivity contribution in [2.45, 2.75) is 193 Å². The Morgan fingerprint density at radius 3 is 1.18 bits per heavy atom. The molecule has 0 bridgehead atoms. The molecule has 0 aliphatic heterocycles. The highest BCUT2D eigenvalue weighted by molar-refractivity contribution is 8.00. The van der Waals surface area contributed by atoms with E-state index in [1.807, 2.05) is 23.5 Å². The molecule has 0 saturated heterocycles. The number of rotatable bonds is 26. The van der Waals surface area contributed by atoms with E-state index in [1.54, 1.807) is 0 Å². The van der Waals surface area contributed by atoms with Gasteiger partial charge in [-0.1, -0.05) is 78.1 Å². The molecule has 0 aliphatic carbocycles. The van der Waals surface area contributed by atoms with E-state index in [1.165, 1.54) is 77.0 Å². The minimum absolute atomic E-state index is 0.209. The quantitative estimate of drug-likeness (QED) is 0.0524. The van der Waals surface area contributed by atoms with Crippen molar-refractivity contribution in [3.8, 4) is 0 Å². The molecule has 44 heavy (non-hydrogen) atoms. The van der Waals surface area contributed by atoms with Gasteiger partial charge in [0.25, 0.3) is 0 Å². The predicted molar refractivity (Wildman–Crippen MR) is 193 cm³/mol. The number of thioether (sulfide) groups is 2. The van der Waals surface area contributed by atoms with E-state index in [0.29, 0.717) is 13.2 Å².